The number of carbonyl (C=O) groups excluding carboxylic acids is 1. The number of amides is 2. The number of H-pyrrole nitrogens is 1. The summed E-state index contributed by atoms with van der Waals surface area (Å²) < 4.78 is 1.84. The number of carbonyl (C=O) groups is 1. The fraction of sp³-hybridized carbons (Fsp3) is 0.412. The Morgan fingerprint density at radius 2 is 2.15 bits per heavy atom. The molecular formula is C17H21N7O2. The maximum absolute atomic E-state index is 12.6. The Hall–Kier alpha value is -2.94. The maximum atomic E-state index is 12.6. The van der Waals surface area contributed by atoms with Gasteiger partial charge in [0.15, 0.2) is 0 Å². The number of fused-ring (bicyclic) bond motifs is 1. The van der Waals surface area contributed by atoms with E-state index in [1.54, 1.807) is 17.2 Å². The number of imidazole rings is 1. The number of aromatic nitrogens is 5. The SMILES string of the molecule is Cn1ccnc1C(O)C1CCN(C(=O)Nc2cccc3n[nH]nc23)CC1. The Labute approximate surface area is 150 Å². The summed E-state index contributed by atoms with van der Waals surface area (Å²) in [5.74, 6) is 0.768. The second-order valence-electron chi connectivity index (χ2n) is 6.59. The van der Waals surface area contributed by atoms with Gasteiger partial charge in [0.2, 0.25) is 0 Å². The van der Waals surface area contributed by atoms with E-state index < -0.39 is 6.10 Å². The molecule has 1 aromatic carbocycles. The minimum absolute atomic E-state index is 0.0964. The quantitative estimate of drug-likeness (QED) is 0.662. The Bertz CT molecular complexity index is 911. The van der Waals surface area contributed by atoms with E-state index in [-0.39, 0.29) is 11.9 Å². The number of benzene rings is 1. The van der Waals surface area contributed by atoms with E-state index in [1.165, 1.54) is 0 Å². The van der Waals surface area contributed by atoms with Crippen molar-refractivity contribution >= 4 is 22.8 Å². The monoisotopic (exact) mass is 355 g/mol. The number of hydrogen-bond acceptors (Lipinski definition) is 5. The Morgan fingerprint density at radius 3 is 2.88 bits per heavy atom. The second-order valence-corrected chi connectivity index (χ2v) is 6.59. The van der Waals surface area contributed by atoms with E-state index in [9.17, 15) is 9.90 Å². The summed E-state index contributed by atoms with van der Waals surface area (Å²) in [5.41, 5.74) is 1.98. The second kappa shape index (κ2) is 6.75. The number of nitrogens with one attached hydrogen (secondary N) is 2. The van der Waals surface area contributed by atoms with E-state index in [0.29, 0.717) is 35.6 Å². The number of hydrogen-bond donors (Lipinski definition) is 3. The zero-order valence-electron chi connectivity index (χ0n) is 14.5. The van der Waals surface area contributed by atoms with Crippen molar-refractivity contribution < 1.29 is 9.90 Å². The first kappa shape index (κ1) is 16.5. The fourth-order valence-corrected chi connectivity index (χ4v) is 3.45. The molecule has 9 heteroatoms. The lowest BCUT2D eigenvalue weighted by atomic mass is 9.91. The van der Waals surface area contributed by atoms with Gasteiger partial charge in [-0.15, -0.1) is 0 Å². The number of anilines is 1. The fourth-order valence-electron chi connectivity index (χ4n) is 3.45. The van der Waals surface area contributed by atoms with Gasteiger partial charge in [-0.05, 0) is 30.9 Å². The van der Waals surface area contributed by atoms with Crippen LogP contribution in [0.2, 0.25) is 0 Å². The Morgan fingerprint density at radius 1 is 1.35 bits per heavy atom. The number of aromatic amines is 1. The van der Waals surface area contributed by atoms with Crippen LogP contribution in [-0.2, 0) is 7.05 Å². The van der Waals surface area contributed by atoms with E-state index >= 15 is 0 Å². The van der Waals surface area contributed by atoms with Crippen LogP contribution < -0.4 is 5.32 Å². The van der Waals surface area contributed by atoms with Crippen molar-refractivity contribution in [2.75, 3.05) is 18.4 Å². The van der Waals surface area contributed by atoms with Crippen molar-refractivity contribution in [3.8, 4) is 0 Å². The van der Waals surface area contributed by atoms with Crippen molar-refractivity contribution in [1.29, 1.82) is 0 Å². The molecule has 4 rings (SSSR count). The third-order valence-electron chi connectivity index (χ3n) is 4.98. The van der Waals surface area contributed by atoms with Gasteiger partial charge in [-0.2, -0.15) is 15.4 Å². The summed E-state index contributed by atoms with van der Waals surface area (Å²) in [6.45, 7) is 1.18. The lowest BCUT2D eigenvalue weighted by molar-refractivity contribution is 0.0600. The molecule has 26 heavy (non-hydrogen) atoms. The van der Waals surface area contributed by atoms with Crippen molar-refractivity contribution in [2.45, 2.75) is 18.9 Å². The molecule has 0 aliphatic carbocycles. The highest BCUT2D eigenvalue weighted by atomic mass is 16.3. The van der Waals surface area contributed by atoms with Crippen LogP contribution in [0.3, 0.4) is 0 Å². The molecule has 0 bridgehead atoms. The molecule has 2 amide bonds. The van der Waals surface area contributed by atoms with Gasteiger partial charge >= 0.3 is 6.03 Å². The highest BCUT2D eigenvalue weighted by molar-refractivity contribution is 5.98. The zero-order valence-corrected chi connectivity index (χ0v) is 14.5. The number of nitrogens with zero attached hydrogens (tertiary/aromatic N) is 5. The molecule has 1 unspecified atom stereocenters. The van der Waals surface area contributed by atoms with Crippen LogP contribution in [0.1, 0.15) is 24.8 Å². The number of para-hydroxylation sites is 1. The number of aryl methyl sites for hydroxylation is 1. The molecule has 136 valence electrons. The molecule has 1 aliphatic rings. The van der Waals surface area contributed by atoms with E-state index in [4.69, 9.17) is 0 Å². The number of piperidine rings is 1. The van der Waals surface area contributed by atoms with Gasteiger partial charge in [-0.25, -0.2) is 9.78 Å². The molecule has 0 saturated carbocycles. The highest BCUT2D eigenvalue weighted by Crippen LogP contribution is 2.30. The first-order chi connectivity index (χ1) is 12.6. The van der Waals surface area contributed by atoms with Gasteiger partial charge in [0.25, 0.3) is 0 Å². The normalized spacial score (nSPS) is 16.8. The van der Waals surface area contributed by atoms with Gasteiger partial charge in [-0.3, -0.25) is 0 Å². The Kier molecular flexibility index (Phi) is 4.29. The first-order valence-electron chi connectivity index (χ1n) is 8.64. The molecule has 1 atom stereocenters. The highest BCUT2D eigenvalue weighted by Gasteiger charge is 2.30. The minimum atomic E-state index is -0.607. The predicted octanol–water partition coefficient (Wildman–Crippen LogP) is 1.67. The van der Waals surface area contributed by atoms with Crippen LogP contribution >= 0.6 is 0 Å². The van der Waals surface area contributed by atoms with E-state index in [0.717, 1.165) is 12.8 Å². The van der Waals surface area contributed by atoms with Crippen LogP contribution in [0.5, 0.6) is 0 Å². The van der Waals surface area contributed by atoms with Crippen molar-refractivity contribution in [2.24, 2.45) is 13.0 Å². The van der Waals surface area contributed by atoms with Crippen LogP contribution in [0.15, 0.2) is 30.6 Å². The Balaban J connectivity index is 1.38. The van der Waals surface area contributed by atoms with Gasteiger partial charge in [0, 0.05) is 32.5 Å². The van der Waals surface area contributed by atoms with E-state index in [1.807, 2.05) is 29.9 Å². The lowest BCUT2D eigenvalue weighted by Gasteiger charge is -2.34. The predicted molar refractivity (Wildman–Crippen MR) is 95.4 cm³/mol. The topological polar surface area (TPSA) is 112 Å². The molecule has 3 heterocycles. The molecule has 1 fully saturated rings. The molecule has 3 aromatic rings. The van der Waals surface area contributed by atoms with Gasteiger partial charge in [0.05, 0.1) is 5.69 Å². The average Bonchev–Trinajstić information content (AvgIpc) is 3.30. The average molecular weight is 355 g/mol. The summed E-state index contributed by atoms with van der Waals surface area (Å²) >= 11 is 0. The summed E-state index contributed by atoms with van der Waals surface area (Å²) in [6, 6.07) is 5.31. The van der Waals surface area contributed by atoms with Crippen LogP contribution in [-0.4, -0.2) is 54.1 Å². The van der Waals surface area contributed by atoms with Crippen molar-refractivity contribution in [1.82, 2.24) is 29.9 Å². The molecule has 0 radical (unpaired) electrons. The van der Waals surface area contributed by atoms with Crippen LogP contribution in [0.25, 0.3) is 11.0 Å². The molecule has 1 aliphatic heterocycles. The largest absolute Gasteiger partial charge is 0.385 e. The van der Waals surface area contributed by atoms with Crippen LogP contribution in [0, 0.1) is 5.92 Å². The first-order valence-corrected chi connectivity index (χ1v) is 8.64. The lowest BCUT2D eigenvalue weighted by Crippen LogP contribution is -2.42. The third kappa shape index (κ3) is 3.01. The van der Waals surface area contributed by atoms with Crippen LogP contribution in [0.4, 0.5) is 10.5 Å². The summed E-state index contributed by atoms with van der Waals surface area (Å²) in [6.07, 6.45) is 4.37. The van der Waals surface area contributed by atoms with Gasteiger partial charge in [-0.1, -0.05) is 6.07 Å². The molecule has 1 saturated heterocycles. The zero-order chi connectivity index (χ0) is 18.1. The number of likely N-dealkylation sites (tertiary alicyclic amines) is 1. The third-order valence-corrected chi connectivity index (χ3v) is 4.98. The van der Waals surface area contributed by atoms with Gasteiger partial charge in [0.1, 0.15) is 23.0 Å². The summed E-state index contributed by atoms with van der Waals surface area (Å²) in [5, 5.41) is 24.1. The van der Waals surface area contributed by atoms with E-state index in [2.05, 4.69) is 25.7 Å². The molecular weight excluding hydrogens is 334 g/mol. The van der Waals surface area contributed by atoms with Crippen molar-refractivity contribution in [3.05, 3.63) is 36.4 Å². The molecule has 9 nitrogen and oxygen atoms in total. The molecule has 2 aromatic heterocycles. The number of urea groups is 1. The van der Waals surface area contributed by atoms with Crippen molar-refractivity contribution in [3.63, 3.8) is 0 Å². The standard InChI is InChI=1S/C17H21N7O2/c1-23-10-7-18-16(23)15(25)11-5-8-24(9-6-11)17(26)19-12-3-2-4-13-14(12)21-22-20-13/h2-4,7,10-11,15,25H,5-6,8-9H2,1H3,(H,19,26)(H,20,21,22). The molecule has 3 N–H and O–H groups in total. The number of aliphatic hydroxyl groups is 1. The maximum Gasteiger partial charge on any atom is 0.321 e. The minimum Gasteiger partial charge on any atom is -0.385 e. The molecule has 0 spiro atoms. The number of aliphatic hydroxyl groups excluding tert-OH is 1. The number of rotatable bonds is 3. The summed E-state index contributed by atoms with van der Waals surface area (Å²) in [7, 11) is 1.87. The summed E-state index contributed by atoms with van der Waals surface area (Å²) in [4.78, 5) is 18.6. The van der Waals surface area contributed by atoms with Gasteiger partial charge < -0.3 is 19.9 Å². The smallest absolute Gasteiger partial charge is 0.321 e.